The van der Waals surface area contributed by atoms with Gasteiger partial charge in [-0.05, 0) is 126 Å². The first-order chi connectivity index (χ1) is 30.4. The molecule has 3 N–H and O–H groups in total. The van der Waals surface area contributed by atoms with E-state index in [2.05, 4.69) is 63.8 Å². The Kier molecular flexibility index (Phi) is 11.6. The van der Waals surface area contributed by atoms with Gasteiger partial charge in [0.2, 0.25) is 11.8 Å². The zero-order valence-electron chi connectivity index (χ0n) is 37.5. The highest BCUT2D eigenvalue weighted by atomic mass is 16.5. The molecule has 3 amide bonds. The average molecular weight is 856 g/mol. The summed E-state index contributed by atoms with van der Waals surface area (Å²) in [5.41, 5.74) is 11.6. The molecule has 2 saturated heterocycles. The Morgan fingerprint density at radius 2 is 1.24 bits per heavy atom. The number of amides is 3. The van der Waals surface area contributed by atoms with E-state index in [0.717, 1.165) is 83.4 Å². The van der Waals surface area contributed by atoms with Crippen LogP contribution in [0.3, 0.4) is 0 Å². The number of H-pyrrole nitrogens is 2. The molecule has 13 heteroatoms. The van der Waals surface area contributed by atoms with Crippen LogP contribution in [0.1, 0.15) is 120 Å². The molecule has 2 aliphatic heterocycles. The monoisotopic (exact) mass is 855 g/mol. The number of nitrogens with zero attached hydrogens (tertiary/aromatic N) is 4. The topological polar surface area (TPSA) is 163 Å². The lowest BCUT2D eigenvalue weighted by atomic mass is 9.82. The largest absolute Gasteiger partial charge is 0.469 e. The molecule has 9 rings (SSSR count). The number of aromatic amines is 2. The number of carbonyl (C=O) groups is 4. The van der Waals surface area contributed by atoms with Crippen molar-refractivity contribution in [1.82, 2.24) is 35.1 Å². The number of methoxy groups -OCH3 is 2. The van der Waals surface area contributed by atoms with E-state index in [1.54, 1.807) is 0 Å². The highest BCUT2D eigenvalue weighted by molar-refractivity contribution is 5.89. The fraction of sp³-hybridized carbons (Fsp3) is 0.520. The van der Waals surface area contributed by atoms with Crippen LogP contribution in [0.5, 0.6) is 0 Å². The second kappa shape index (κ2) is 17.1. The Morgan fingerprint density at radius 3 is 1.71 bits per heavy atom. The predicted octanol–water partition coefficient (Wildman–Crippen LogP) is 8.98. The second-order valence-corrected chi connectivity index (χ2v) is 19.3. The normalized spacial score (nSPS) is 20.3. The summed E-state index contributed by atoms with van der Waals surface area (Å²) >= 11 is 0. The van der Waals surface area contributed by atoms with Gasteiger partial charge in [-0.3, -0.25) is 14.4 Å². The van der Waals surface area contributed by atoms with Gasteiger partial charge in [0.1, 0.15) is 17.7 Å². The molecule has 4 atom stereocenters. The Morgan fingerprint density at radius 1 is 0.714 bits per heavy atom. The van der Waals surface area contributed by atoms with Crippen LogP contribution in [-0.2, 0) is 36.7 Å². The standard InChI is InChI=1S/C50H61N7O6/c1-28(2)34(25-43(58)62-5)47(59)56-21-9-11-41(56)45-51-37-17-13-30(23-39(37)53-45)32-15-16-33(36-27-50(26-35(32)36)19-7-8-20-50)31-14-18-38-40(24-31)54-46(52-38)42-12-10-22-57(42)48(60)44(29(3)4)55-49(61)63-6/h13-18,23-24,28-29,34,41-42,44H,7-12,19-22,25-27H2,1-6H3,(H,51,53)(H,52,54)(H,55,61)/t34-,41-,42-,44?/m0/s1. The molecule has 2 aliphatic carbocycles. The van der Waals surface area contributed by atoms with Crippen LogP contribution in [0.15, 0.2) is 48.5 Å². The number of ether oxygens (including phenoxy) is 2. The van der Waals surface area contributed by atoms with Crippen molar-refractivity contribution in [2.45, 2.75) is 116 Å². The Balaban J connectivity index is 1.01. The summed E-state index contributed by atoms with van der Waals surface area (Å²) in [6.45, 7) is 9.06. The number of fused-ring (bicyclic) bond motifs is 3. The third-order valence-electron chi connectivity index (χ3n) is 14.7. The summed E-state index contributed by atoms with van der Waals surface area (Å²) in [7, 11) is 2.68. The van der Waals surface area contributed by atoms with Crippen molar-refractivity contribution in [3.8, 4) is 22.3 Å². The lowest BCUT2D eigenvalue weighted by molar-refractivity contribution is -0.148. The van der Waals surface area contributed by atoms with Crippen molar-refractivity contribution in [3.05, 3.63) is 71.3 Å². The predicted molar refractivity (Wildman–Crippen MR) is 241 cm³/mol. The lowest BCUT2D eigenvalue weighted by Gasteiger charge is -2.29. The van der Waals surface area contributed by atoms with E-state index >= 15 is 0 Å². The zero-order valence-corrected chi connectivity index (χ0v) is 37.5. The Labute approximate surface area is 369 Å². The molecule has 3 fully saturated rings. The minimum absolute atomic E-state index is 0.00303. The van der Waals surface area contributed by atoms with Crippen molar-refractivity contribution in [3.63, 3.8) is 0 Å². The first kappa shape index (κ1) is 42.6. The van der Waals surface area contributed by atoms with Crippen molar-refractivity contribution >= 4 is 45.9 Å². The molecule has 0 bridgehead atoms. The third-order valence-corrected chi connectivity index (χ3v) is 14.7. The molecule has 1 unspecified atom stereocenters. The second-order valence-electron chi connectivity index (χ2n) is 19.3. The van der Waals surface area contributed by atoms with Crippen molar-refractivity contribution < 1.29 is 28.7 Å². The molecule has 0 radical (unpaired) electrons. The maximum Gasteiger partial charge on any atom is 0.407 e. The number of carbonyl (C=O) groups excluding carboxylic acids is 4. The van der Waals surface area contributed by atoms with Crippen molar-refractivity contribution in [1.29, 1.82) is 0 Å². The number of alkyl carbamates (subject to hydrolysis) is 1. The Bertz CT molecular complexity index is 2400. The molecule has 3 aromatic carbocycles. The maximum atomic E-state index is 13.9. The lowest BCUT2D eigenvalue weighted by Crippen LogP contribution is -2.51. The molecule has 332 valence electrons. The smallest absolute Gasteiger partial charge is 0.407 e. The number of likely N-dealkylation sites (tertiary alicyclic amines) is 2. The van der Waals surface area contributed by atoms with E-state index in [-0.39, 0.29) is 53.5 Å². The number of imidazole rings is 2. The molecular weight excluding hydrogens is 795 g/mol. The van der Waals surface area contributed by atoms with E-state index in [1.807, 2.05) is 37.5 Å². The molecule has 4 heterocycles. The van der Waals surface area contributed by atoms with Crippen LogP contribution in [0, 0.1) is 23.2 Å². The van der Waals surface area contributed by atoms with Gasteiger partial charge in [-0.15, -0.1) is 0 Å². The number of nitrogens with one attached hydrogen (secondary N) is 3. The number of rotatable bonds is 11. The van der Waals surface area contributed by atoms with Gasteiger partial charge >= 0.3 is 12.1 Å². The minimum Gasteiger partial charge on any atom is -0.469 e. The van der Waals surface area contributed by atoms with Crippen LogP contribution < -0.4 is 5.32 Å². The van der Waals surface area contributed by atoms with Gasteiger partial charge in [-0.1, -0.05) is 64.8 Å². The fourth-order valence-electron chi connectivity index (χ4n) is 11.2. The molecule has 13 nitrogen and oxygen atoms in total. The average Bonchev–Trinajstić information content (AvgIpc) is 4.14. The van der Waals surface area contributed by atoms with Crippen molar-refractivity contribution in [2.75, 3.05) is 27.3 Å². The zero-order chi connectivity index (χ0) is 44.2. The van der Waals surface area contributed by atoms with E-state index in [4.69, 9.17) is 19.4 Å². The van der Waals surface area contributed by atoms with E-state index in [9.17, 15) is 19.2 Å². The summed E-state index contributed by atoms with van der Waals surface area (Å²) in [6, 6.07) is 16.5. The van der Waals surface area contributed by atoms with Gasteiger partial charge in [0, 0.05) is 13.1 Å². The maximum absolute atomic E-state index is 13.9. The van der Waals surface area contributed by atoms with Gasteiger partial charge in [0.25, 0.3) is 0 Å². The summed E-state index contributed by atoms with van der Waals surface area (Å²) < 4.78 is 9.76. The van der Waals surface area contributed by atoms with Gasteiger partial charge < -0.3 is 34.6 Å². The molecule has 63 heavy (non-hydrogen) atoms. The summed E-state index contributed by atoms with van der Waals surface area (Å²) in [5, 5.41) is 2.74. The number of esters is 1. The summed E-state index contributed by atoms with van der Waals surface area (Å²) in [6.07, 6.45) is 9.94. The molecule has 4 aliphatic rings. The van der Waals surface area contributed by atoms with Crippen LogP contribution in [-0.4, -0.2) is 87.0 Å². The Hall–Kier alpha value is -5.72. The highest BCUT2D eigenvalue weighted by Gasteiger charge is 2.43. The summed E-state index contributed by atoms with van der Waals surface area (Å²) in [4.78, 5) is 73.1. The summed E-state index contributed by atoms with van der Waals surface area (Å²) in [5.74, 6) is 0.512. The first-order valence-electron chi connectivity index (χ1n) is 23.0. The number of hydrogen-bond donors (Lipinski definition) is 3. The highest BCUT2D eigenvalue weighted by Crippen LogP contribution is 2.53. The fourth-order valence-corrected chi connectivity index (χ4v) is 11.2. The van der Waals surface area contributed by atoms with Crippen LogP contribution in [0.25, 0.3) is 44.3 Å². The van der Waals surface area contributed by atoms with Gasteiger partial charge in [0.05, 0.1) is 60.7 Å². The molecular formula is C50H61N7O6. The van der Waals surface area contributed by atoms with E-state index in [1.165, 1.54) is 62.2 Å². The SMILES string of the molecule is COC(=O)C[C@H](C(=O)N1CCC[C@H]1c1nc2ccc(-c3ccc(-c4ccc5nc([C@@H]6CCCN6C(=O)C(NC(=O)OC)C(C)C)[nH]c5c4)c4c3CC3(CCCC3)C4)cc2[nH]1)C(C)C. The third kappa shape index (κ3) is 7.97. The number of aromatic nitrogens is 4. The van der Waals surface area contributed by atoms with E-state index in [0.29, 0.717) is 13.1 Å². The molecule has 2 aromatic heterocycles. The molecule has 5 aromatic rings. The van der Waals surface area contributed by atoms with Gasteiger partial charge in [0.15, 0.2) is 0 Å². The first-order valence-corrected chi connectivity index (χ1v) is 23.0. The van der Waals surface area contributed by atoms with Crippen LogP contribution in [0.2, 0.25) is 0 Å². The van der Waals surface area contributed by atoms with Crippen LogP contribution in [0.4, 0.5) is 4.79 Å². The minimum atomic E-state index is -0.690. The van der Waals surface area contributed by atoms with Crippen LogP contribution >= 0.6 is 0 Å². The number of benzene rings is 3. The number of hydrogen-bond acceptors (Lipinski definition) is 8. The van der Waals surface area contributed by atoms with Gasteiger partial charge in [-0.2, -0.15) is 0 Å². The van der Waals surface area contributed by atoms with Crippen molar-refractivity contribution in [2.24, 2.45) is 23.2 Å². The quantitative estimate of drug-likeness (QED) is 0.111. The molecule has 1 spiro atoms. The van der Waals surface area contributed by atoms with Gasteiger partial charge in [-0.25, -0.2) is 14.8 Å². The van der Waals surface area contributed by atoms with E-state index < -0.39 is 18.1 Å². The molecule has 1 saturated carbocycles.